The molecule has 0 spiro atoms. The Kier molecular flexibility index (Phi) is 5.19. The van der Waals surface area contributed by atoms with Gasteiger partial charge in [0.1, 0.15) is 12.4 Å². The van der Waals surface area contributed by atoms with Gasteiger partial charge in [-0.2, -0.15) is 0 Å². The van der Waals surface area contributed by atoms with Crippen molar-refractivity contribution in [1.29, 1.82) is 0 Å². The number of ether oxygens (including phenoxy) is 1. The van der Waals surface area contributed by atoms with Crippen LogP contribution in [0.2, 0.25) is 5.02 Å². The summed E-state index contributed by atoms with van der Waals surface area (Å²) in [6, 6.07) is 14.3. The van der Waals surface area contributed by atoms with Crippen molar-refractivity contribution in [1.82, 2.24) is 5.32 Å². The van der Waals surface area contributed by atoms with Crippen LogP contribution in [0.4, 0.5) is 0 Å². The number of hydrogen-bond acceptors (Lipinski definition) is 2. The van der Waals surface area contributed by atoms with Crippen LogP contribution in [0, 0.1) is 17.8 Å². The first-order valence-corrected chi connectivity index (χ1v) is 11.6. The van der Waals surface area contributed by atoms with Gasteiger partial charge in [0.25, 0.3) is 0 Å². The fourth-order valence-corrected chi connectivity index (χ4v) is 6.80. The summed E-state index contributed by atoms with van der Waals surface area (Å²) >= 11 is 9.64. The van der Waals surface area contributed by atoms with Crippen LogP contribution in [0.3, 0.4) is 0 Å². The maximum atomic E-state index is 5.99. The Labute approximate surface area is 181 Å². The predicted octanol–water partition coefficient (Wildman–Crippen LogP) is 6.74. The highest BCUT2D eigenvalue weighted by atomic mass is 79.9. The summed E-state index contributed by atoms with van der Waals surface area (Å²) in [5.41, 5.74) is 2.84. The molecule has 4 aliphatic rings. The van der Waals surface area contributed by atoms with Crippen molar-refractivity contribution in [2.24, 2.45) is 17.8 Å². The molecule has 4 fully saturated rings. The molecule has 0 aliphatic heterocycles. The van der Waals surface area contributed by atoms with Crippen molar-refractivity contribution in [2.75, 3.05) is 0 Å². The lowest BCUT2D eigenvalue weighted by Crippen LogP contribution is -2.58. The molecule has 0 aromatic heterocycles. The fourth-order valence-electron chi connectivity index (χ4n) is 6.13. The first kappa shape index (κ1) is 19.0. The van der Waals surface area contributed by atoms with Crippen molar-refractivity contribution in [2.45, 2.75) is 57.2 Å². The van der Waals surface area contributed by atoms with E-state index in [-0.39, 0.29) is 0 Å². The summed E-state index contributed by atoms with van der Waals surface area (Å²) < 4.78 is 7.01. The average Bonchev–Trinajstić information content (AvgIpc) is 2.66. The van der Waals surface area contributed by atoms with Crippen molar-refractivity contribution in [3.8, 4) is 5.75 Å². The van der Waals surface area contributed by atoms with E-state index in [4.69, 9.17) is 16.3 Å². The van der Waals surface area contributed by atoms with Crippen LogP contribution in [-0.2, 0) is 13.2 Å². The average molecular weight is 461 g/mol. The van der Waals surface area contributed by atoms with E-state index in [9.17, 15) is 0 Å². The molecule has 4 heteroatoms. The topological polar surface area (TPSA) is 21.3 Å². The Balaban J connectivity index is 1.20. The van der Waals surface area contributed by atoms with E-state index in [1.165, 1.54) is 44.1 Å². The van der Waals surface area contributed by atoms with Crippen molar-refractivity contribution in [3.63, 3.8) is 0 Å². The molecule has 1 N–H and O–H groups in total. The molecule has 0 saturated heterocycles. The molecule has 0 atom stereocenters. The minimum Gasteiger partial charge on any atom is -0.488 e. The second-order valence-corrected chi connectivity index (χ2v) is 10.5. The van der Waals surface area contributed by atoms with Gasteiger partial charge in [-0.3, -0.25) is 0 Å². The van der Waals surface area contributed by atoms with Gasteiger partial charge in [-0.15, -0.1) is 0 Å². The van der Waals surface area contributed by atoms with Gasteiger partial charge >= 0.3 is 0 Å². The highest BCUT2D eigenvalue weighted by molar-refractivity contribution is 9.10. The van der Waals surface area contributed by atoms with Crippen LogP contribution in [-0.4, -0.2) is 5.54 Å². The van der Waals surface area contributed by atoms with Gasteiger partial charge in [0.05, 0.1) is 4.47 Å². The molecule has 6 rings (SSSR count). The van der Waals surface area contributed by atoms with Gasteiger partial charge < -0.3 is 10.1 Å². The predicted molar refractivity (Wildman–Crippen MR) is 118 cm³/mol. The lowest BCUT2D eigenvalue weighted by Gasteiger charge is -2.57. The highest BCUT2D eigenvalue weighted by Gasteiger charge is 2.50. The van der Waals surface area contributed by atoms with Crippen molar-refractivity contribution >= 4 is 27.5 Å². The van der Waals surface area contributed by atoms with Crippen LogP contribution in [0.15, 0.2) is 46.9 Å². The van der Waals surface area contributed by atoms with Crippen LogP contribution >= 0.6 is 27.5 Å². The maximum absolute atomic E-state index is 5.99. The lowest BCUT2D eigenvalue weighted by atomic mass is 9.53. The third-order valence-electron chi connectivity index (χ3n) is 7.01. The molecule has 0 unspecified atom stereocenters. The molecule has 28 heavy (non-hydrogen) atoms. The van der Waals surface area contributed by atoms with Gasteiger partial charge in [0.2, 0.25) is 0 Å². The monoisotopic (exact) mass is 459 g/mol. The van der Waals surface area contributed by atoms with Gasteiger partial charge in [-0.05, 0) is 108 Å². The molecule has 4 saturated carbocycles. The second kappa shape index (κ2) is 7.66. The molecule has 148 valence electrons. The molecule has 2 nitrogen and oxygen atoms in total. The van der Waals surface area contributed by atoms with E-state index >= 15 is 0 Å². The van der Waals surface area contributed by atoms with Gasteiger partial charge in [0, 0.05) is 17.1 Å². The van der Waals surface area contributed by atoms with Gasteiger partial charge in [-0.25, -0.2) is 0 Å². The molecular weight excluding hydrogens is 434 g/mol. The normalized spacial score (nSPS) is 30.6. The quantitative estimate of drug-likeness (QED) is 0.515. The SMILES string of the molecule is Clc1ccc(COc2ccc(CNC34CC5CC(CC(C5)C3)C4)cc2Br)cc1. The Morgan fingerprint density at radius 3 is 2.14 bits per heavy atom. The van der Waals surface area contributed by atoms with E-state index in [2.05, 4.69) is 39.4 Å². The summed E-state index contributed by atoms with van der Waals surface area (Å²) in [5.74, 6) is 3.82. The molecule has 2 aromatic rings. The molecule has 2 aromatic carbocycles. The third kappa shape index (κ3) is 3.99. The van der Waals surface area contributed by atoms with Gasteiger partial charge in [-0.1, -0.05) is 29.8 Å². The Morgan fingerprint density at radius 1 is 0.929 bits per heavy atom. The van der Waals surface area contributed by atoms with E-state index in [1.807, 2.05) is 24.3 Å². The van der Waals surface area contributed by atoms with Crippen LogP contribution < -0.4 is 10.1 Å². The number of nitrogens with one attached hydrogen (secondary N) is 1. The first-order valence-electron chi connectivity index (χ1n) is 10.5. The molecule has 4 aliphatic carbocycles. The maximum Gasteiger partial charge on any atom is 0.134 e. The first-order chi connectivity index (χ1) is 13.6. The fraction of sp³-hybridized carbons (Fsp3) is 0.500. The van der Waals surface area contributed by atoms with Crippen LogP contribution in [0.5, 0.6) is 5.75 Å². The highest BCUT2D eigenvalue weighted by Crippen LogP contribution is 2.55. The molecular formula is C24H27BrClNO. The minimum absolute atomic E-state index is 0.408. The summed E-state index contributed by atoms with van der Waals surface area (Å²) in [6.07, 6.45) is 8.65. The Bertz CT molecular complexity index is 815. The molecule has 0 radical (unpaired) electrons. The Hall–Kier alpha value is -1.03. The number of halogens is 2. The molecule has 0 heterocycles. The number of benzene rings is 2. The smallest absolute Gasteiger partial charge is 0.134 e. The summed E-state index contributed by atoms with van der Waals surface area (Å²) in [6.45, 7) is 1.49. The summed E-state index contributed by atoms with van der Waals surface area (Å²) in [5, 5.41) is 4.73. The standard InChI is InChI=1S/C24H27BrClNO/c25-22-10-17(3-6-23(22)28-15-16-1-4-21(26)5-2-16)14-27-24-11-18-7-19(12-24)9-20(8-18)13-24/h1-6,10,18-20,27H,7-9,11-15H2. The largest absolute Gasteiger partial charge is 0.488 e. The zero-order valence-electron chi connectivity index (χ0n) is 16.1. The third-order valence-corrected chi connectivity index (χ3v) is 7.88. The van der Waals surface area contributed by atoms with E-state index in [0.29, 0.717) is 12.1 Å². The Morgan fingerprint density at radius 2 is 1.54 bits per heavy atom. The zero-order chi connectivity index (χ0) is 19.1. The number of hydrogen-bond donors (Lipinski definition) is 1. The second-order valence-electron chi connectivity index (χ2n) is 9.23. The molecule has 4 bridgehead atoms. The van der Waals surface area contributed by atoms with E-state index in [0.717, 1.165) is 45.1 Å². The van der Waals surface area contributed by atoms with Crippen molar-refractivity contribution < 1.29 is 4.74 Å². The molecule has 0 amide bonds. The minimum atomic E-state index is 0.408. The van der Waals surface area contributed by atoms with Crippen molar-refractivity contribution in [3.05, 3.63) is 63.1 Å². The lowest BCUT2D eigenvalue weighted by molar-refractivity contribution is -0.0206. The van der Waals surface area contributed by atoms with E-state index < -0.39 is 0 Å². The number of rotatable bonds is 6. The zero-order valence-corrected chi connectivity index (χ0v) is 18.4. The van der Waals surface area contributed by atoms with Crippen LogP contribution in [0.1, 0.15) is 49.7 Å². The van der Waals surface area contributed by atoms with E-state index in [1.54, 1.807) is 0 Å². The van der Waals surface area contributed by atoms with Gasteiger partial charge in [0.15, 0.2) is 0 Å². The summed E-state index contributed by atoms with van der Waals surface area (Å²) in [4.78, 5) is 0. The summed E-state index contributed by atoms with van der Waals surface area (Å²) in [7, 11) is 0. The van der Waals surface area contributed by atoms with Crippen LogP contribution in [0.25, 0.3) is 0 Å².